The molecule has 1 saturated heterocycles. The maximum Gasteiger partial charge on any atom is 0.127 e. The lowest BCUT2D eigenvalue weighted by atomic mass is 10.1. The van der Waals surface area contributed by atoms with E-state index >= 15 is 0 Å². The molecular formula is C18H19Cl2FN2. The third-order valence-electron chi connectivity index (χ3n) is 4.26. The first-order valence-corrected chi connectivity index (χ1v) is 8.50. The lowest BCUT2D eigenvalue weighted by molar-refractivity contribution is 0.121. The molecule has 1 fully saturated rings. The molecule has 0 saturated carbocycles. The Balaban J connectivity index is 1.56. The zero-order valence-corrected chi connectivity index (χ0v) is 14.3. The molecule has 2 aromatic rings. The highest BCUT2D eigenvalue weighted by Crippen LogP contribution is 2.26. The van der Waals surface area contributed by atoms with Crippen LogP contribution in [0.15, 0.2) is 42.5 Å². The summed E-state index contributed by atoms with van der Waals surface area (Å²) >= 11 is 12.5. The number of piperazine rings is 1. The SMILES string of the molecule is Fc1ccccc1CN1CCN(Cc2c(Cl)cccc2Cl)CC1. The molecule has 122 valence electrons. The summed E-state index contributed by atoms with van der Waals surface area (Å²) in [7, 11) is 0. The van der Waals surface area contributed by atoms with Gasteiger partial charge in [0.15, 0.2) is 0 Å². The summed E-state index contributed by atoms with van der Waals surface area (Å²) in [6.07, 6.45) is 0. The van der Waals surface area contributed by atoms with Crippen LogP contribution in [0.3, 0.4) is 0 Å². The number of benzene rings is 2. The highest BCUT2D eigenvalue weighted by Gasteiger charge is 2.19. The lowest BCUT2D eigenvalue weighted by Gasteiger charge is -2.35. The molecule has 1 aliphatic heterocycles. The Morgan fingerprint density at radius 1 is 0.783 bits per heavy atom. The van der Waals surface area contributed by atoms with Crippen LogP contribution < -0.4 is 0 Å². The van der Waals surface area contributed by atoms with Crippen LogP contribution in [0.5, 0.6) is 0 Å². The van der Waals surface area contributed by atoms with Gasteiger partial charge in [0.05, 0.1) is 0 Å². The Bertz CT molecular complexity index is 650. The zero-order chi connectivity index (χ0) is 16.2. The molecule has 3 rings (SSSR count). The first kappa shape index (κ1) is 16.7. The van der Waals surface area contributed by atoms with Gasteiger partial charge >= 0.3 is 0 Å². The molecule has 0 aliphatic carbocycles. The number of hydrogen-bond acceptors (Lipinski definition) is 2. The van der Waals surface area contributed by atoms with Gasteiger partial charge in [-0.3, -0.25) is 9.80 Å². The van der Waals surface area contributed by atoms with Crippen LogP contribution in [0.2, 0.25) is 10.0 Å². The lowest BCUT2D eigenvalue weighted by Crippen LogP contribution is -2.45. The van der Waals surface area contributed by atoms with Gasteiger partial charge in [0, 0.05) is 60.4 Å². The number of rotatable bonds is 4. The molecule has 23 heavy (non-hydrogen) atoms. The third-order valence-corrected chi connectivity index (χ3v) is 4.97. The van der Waals surface area contributed by atoms with E-state index < -0.39 is 0 Å². The minimum atomic E-state index is -0.127. The topological polar surface area (TPSA) is 6.48 Å². The Morgan fingerprint density at radius 3 is 1.96 bits per heavy atom. The quantitative estimate of drug-likeness (QED) is 0.801. The van der Waals surface area contributed by atoms with Crippen molar-refractivity contribution in [3.8, 4) is 0 Å². The van der Waals surface area contributed by atoms with Gasteiger partial charge in [0.1, 0.15) is 5.82 Å². The van der Waals surface area contributed by atoms with E-state index in [4.69, 9.17) is 23.2 Å². The van der Waals surface area contributed by atoms with E-state index in [1.165, 1.54) is 6.07 Å². The fraction of sp³-hybridized carbons (Fsp3) is 0.333. The van der Waals surface area contributed by atoms with E-state index in [1.807, 2.05) is 30.3 Å². The van der Waals surface area contributed by atoms with E-state index in [1.54, 1.807) is 6.07 Å². The predicted octanol–water partition coefficient (Wildman–Crippen LogP) is 4.45. The molecule has 0 amide bonds. The average molecular weight is 353 g/mol. The van der Waals surface area contributed by atoms with E-state index in [0.717, 1.165) is 43.9 Å². The van der Waals surface area contributed by atoms with Crippen LogP contribution in [0.4, 0.5) is 4.39 Å². The van der Waals surface area contributed by atoms with E-state index in [2.05, 4.69) is 9.80 Å². The minimum absolute atomic E-state index is 0.127. The van der Waals surface area contributed by atoms with E-state index in [0.29, 0.717) is 16.6 Å². The average Bonchev–Trinajstić information content (AvgIpc) is 2.55. The van der Waals surface area contributed by atoms with Gasteiger partial charge in [0.2, 0.25) is 0 Å². The van der Waals surface area contributed by atoms with Crippen molar-refractivity contribution < 1.29 is 4.39 Å². The fourth-order valence-electron chi connectivity index (χ4n) is 2.88. The van der Waals surface area contributed by atoms with Crippen LogP contribution in [-0.4, -0.2) is 36.0 Å². The molecule has 5 heteroatoms. The second-order valence-corrected chi connectivity index (χ2v) is 6.66. The summed E-state index contributed by atoms with van der Waals surface area (Å²) in [6, 6.07) is 12.6. The van der Waals surface area contributed by atoms with E-state index in [-0.39, 0.29) is 5.82 Å². The van der Waals surface area contributed by atoms with Crippen molar-refractivity contribution in [1.82, 2.24) is 9.80 Å². The van der Waals surface area contributed by atoms with Gasteiger partial charge < -0.3 is 0 Å². The molecule has 2 aromatic carbocycles. The summed E-state index contributed by atoms with van der Waals surface area (Å²) in [6.45, 7) is 5.10. The summed E-state index contributed by atoms with van der Waals surface area (Å²) in [5.74, 6) is -0.127. The largest absolute Gasteiger partial charge is 0.296 e. The fourth-order valence-corrected chi connectivity index (χ4v) is 3.40. The van der Waals surface area contributed by atoms with Crippen LogP contribution in [0.1, 0.15) is 11.1 Å². The van der Waals surface area contributed by atoms with Crippen molar-refractivity contribution in [3.05, 3.63) is 69.5 Å². The standard InChI is InChI=1S/C18H19Cl2FN2/c19-16-5-3-6-17(20)15(16)13-23-10-8-22(9-11-23)12-14-4-1-2-7-18(14)21/h1-7H,8-13H2. The molecule has 1 aliphatic rings. The van der Waals surface area contributed by atoms with Crippen LogP contribution in [-0.2, 0) is 13.1 Å². The molecule has 0 atom stereocenters. The molecule has 1 heterocycles. The summed E-state index contributed by atoms with van der Waals surface area (Å²) < 4.78 is 13.7. The van der Waals surface area contributed by atoms with Gasteiger partial charge in [-0.2, -0.15) is 0 Å². The summed E-state index contributed by atoms with van der Waals surface area (Å²) in [5, 5.41) is 1.43. The van der Waals surface area contributed by atoms with Crippen molar-refractivity contribution in [1.29, 1.82) is 0 Å². The predicted molar refractivity (Wildman–Crippen MR) is 93.4 cm³/mol. The van der Waals surface area contributed by atoms with Gasteiger partial charge in [-0.1, -0.05) is 47.5 Å². The number of hydrogen-bond donors (Lipinski definition) is 0. The smallest absolute Gasteiger partial charge is 0.127 e. The van der Waals surface area contributed by atoms with Crippen molar-refractivity contribution >= 4 is 23.2 Å². The second-order valence-electron chi connectivity index (χ2n) is 5.84. The van der Waals surface area contributed by atoms with Crippen LogP contribution in [0, 0.1) is 5.82 Å². The van der Waals surface area contributed by atoms with Crippen molar-refractivity contribution in [2.24, 2.45) is 0 Å². The minimum Gasteiger partial charge on any atom is -0.296 e. The molecule has 2 nitrogen and oxygen atoms in total. The first-order valence-electron chi connectivity index (χ1n) is 7.74. The molecule has 0 unspecified atom stereocenters. The maximum absolute atomic E-state index is 13.7. The number of nitrogens with zero attached hydrogens (tertiary/aromatic N) is 2. The van der Waals surface area contributed by atoms with Crippen LogP contribution >= 0.6 is 23.2 Å². The van der Waals surface area contributed by atoms with Gasteiger partial charge in [0.25, 0.3) is 0 Å². The molecule has 0 N–H and O–H groups in total. The monoisotopic (exact) mass is 352 g/mol. The van der Waals surface area contributed by atoms with Crippen molar-refractivity contribution in [2.45, 2.75) is 13.1 Å². The highest BCUT2D eigenvalue weighted by atomic mass is 35.5. The van der Waals surface area contributed by atoms with E-state index in [9.17, 15) is 4.39 Å². The molecule has 0 radical (unpaired) electrons. The third kappa shape index (κ3) is 4.24. The molecule has 0 bridgehead atoms. The highest BCUT2D eigenvalue weighted by molar-refractivity contribution is 6.35. The Hall–Kier alpha value is -1.13. The first-order chi connectivity index (χ1) is 11.1. The van der Waals surface area contributed by atoms with Crippen molar-refractivity contribution in [3.63, 3.8) is 0 Å². The normalized spacial score (nSPS) is 16.7. The van der Waals surface area contributed by atoms with Crippen molar-refractivity contribution in [2.75, 3.05) is 26.2 Å². The number of halogens is 3. The van der Waals surface area contributed by atoms with Gasteiger partial charge in [-0.05, 0) is 18.2 Å². The Morgan fingerprint density at radius 2 is 1.35 bits per heavy atom. The summed E-state index contributed by atoms with van der Waals surface area (Å²) in [4.78, 5) is 4.62. The molecule has 0 spiro atoms. The molecule has 0 aromatic heterocycles. The second kappa shape index (κ2) is 7.63. The Labute approximate surface area is 146 Å². The summed E-state index contributed by atoms with van der Waals surface area (Å²) in [5.41, 5.74) is 1.74. The maximum atomic E-state index is 13.7. The van der Waals surface area contributed by atoms with Gasteiger partial charge in [-0.25, -0.2) is 4.39 Å². The van der Waals surface area contributed by atoms with Gasteiger partial charge in [-0.15, -0.1) is 0 Å². The Kier molecular flexibility index (Phi) is 5.54. The van der Waals surface area contributed by atoms with Crippen LogP contribution in [0.25, 0.3) is 0 Å². The zero-order valence-electron chi connectivity index (χ0n) is 12.8. The molecular weight excluding hydrogens is 334 g/mol.